The number of carbonyl (C=O) groups excluding carboxylic acids is 3. The molecular formula is C16H13BrN2O4. The lowest BCUT2D eigenvalue weighted by atomic mass is 10.2. The van der Waals surface area contributed by atoms with Crippen LogP contribution in [0.4, 0.5) is 5.69 Å². The maximum absolute atomic E-state index is 11.8. The summed E-state index contributed by atoms with van der Waals surface area (Å²) in [5.41, 5.74) is 6.28. The Balaban J connectivity index is 1.87. The maximum atomic E-state index is 11.8. The van der Waals surface area contributed by atoms with Gasteiger partial charge < -0.3 is 15.8 Å². The Labute approximate surface area is 140 Å². The van der Waals surface area contributed by atoms with Crippen LogP contribution in [0.3, 0.4) is 0 Å². The fraction of sp³-hybridized carbons (Fsp3) is 0.0625. The molecule has 118 valence electrons. The van der Waals surface area contributed by atoms with Crippen molar-refractivity contribution in [2.75, 3.05) is 11.9 Å². The average molecular weight is 377 g/mol. The first-order chi connectivity index (χ1) is 11.0. The first kappa shape index (κ1) is 16.7. The number of anilines is 1. The number of nitrogens with one attached hydrogen (secondary N) is 1. The fourth-order valence-corrected chi connectivity index (χ4v) is 2.14. The van der Waals surface area contributed by atoms with Gasteiger partial charge in [-0.15, -0.1) is 0 Å². The number of halogens is 1. The number of ether oxygens (including phenoxy) is 1. The van der Waals surface area contributed by atoms with Crippen molar-refractivity contribution in [3.8, 4) is 0 Å². The van der Waals surface area contributed by atoms with Gasteiger partial charge in [-0.05, 0) is 42.5 Å². The monoisotopic (exact) mass is 376 g/mol. The minimum Gasteiger partial charge on any atom is -0.452 e. The SMILES string of the molecule is NC(=O)c1ccc(NC(=O)COC(=O)c2cccc(Br)c2)cc1. The third-order valence-electron chi connectivity index (χ3n) is 2.85. The zero-order chi connectivity index (χ0) is 16.8. The summed E-state index contributed by atoms with van der Waals surface area (Å²) in [6.45, 7) is -0.414. The molecule has 0 spiro atoms. The lowest BCUT2D eigenvalue weighted by Crippen LogP contribution is -2.21. The number of hydrogen-bond donors (Lipinski definition) is 2. The van der Waals surface area contributed by atoms with Crippen LogP contribution in [-0.2, 0) is 9.53 Å². The number of nitrogens with two attached hydrogens (primary N) is 1. The van der Waals surface area contributed by atoms with Gasteiger partial charge in [0, 0.05) is 15.7 Å². The second-order valence-corrected chi connectivity index (χ2v) is 5.49. The standard InChI is InChI=1S/C16H13BrN2O4/c17-12-3-1-2-11(8-12)16(22)23-9-14(20)19-13-6-4-10(5-7-13)15(18)21/h1-8H,9H2,(H2,18,21)(H,19,20). The molecule has 6 nitrogen and oxygen atoms in total. The average Bonchev–Trinajstić information content (AvgIpc) is 2.53. The van der Waals surface area contributed by atoms with Gasteiger partial charge in [0.25, 0.3) is 5.91 Å². The summed E-state index contributed by atoms with van der Waals surface area (Å²) in [6, 6.07) is 12.7. The Morgan fingerprint density at radius 2 is 1.74 bits per heavy atom. The Bertz CT molecular complexity index is 744. The molecule has 2 aromatic rings. The Kier molecular flexibility index (Phi) is 5.48. The number of esters is 1. The van der Waals surface area contributed by atoms with Crippen LogP contribution >= 0.6 is 15.9 Å². The highest BCUT2D eigenvalue weighted by atomic mass is 79.9. The van der Waals surface area contributed by atoms with Crippen LogP contribution in [0.2, 0.25) is 0 Å². The summed E-state index contributed by atoms with van der Waals surface area (Å²) in [4.78, 5) is 34.5. The van der Waals surface area contributed by atoms with Crippen molar-refractivity contribution < 1.29 is 19.1 Å². The molecule has 2 amide bonds. The molecule has 0 aliphatic carbocycles. The third kappa shape index (κ3) is 4.93. The van der Waals surface area contributed by atoms with E-state index < -0.39 is 24.4 Å². The molecular weight excluding hydrogens is 364 g/mol. The van der Waals surface area contributed by atoms with Crippen molar-refractivity contribution in [2.45, 2.75) is 0 Å². The van der Waals surface area contributed by atoms with E-state index >= 15 is 0 Å². The van der Waals surface area contributed by atoms with E-state index in [1.54, 1.807) is 24.3 Å². The van der Waals surface area contributed by atoms with E-state index in [9.17, 15) is 14.4 Å². The van der Waals surface area contributed by atoms with E-state index in [-0.39, 0.29) is 0 Å². The third-order valence-corrected chi connectivity index (χ3v) is 3.34. The van der Waals surface area contributed by atoms with Crippen LogP contribution in [0.15, 0.2) is 53.0 Å². The largest absolute Gasteiger partial charge is 0.452 e. The van der Waals surface area contributed by atoms with Gasteiger partial charge in [-0.3, -0.25) is 9.59 Å². The minimum absolute atomic E-state index is 0.337. The Morgan fingerprint density at radius 1 is 1.04 bits per heavy atom. The molecule has 0 unspecified atom stereocenters. The fourth-order valence-electron chi connectivity index (χ4n) is 1.74. The van der Waals surface area contributed by atoms with Gasteiger partial charge in [0.15, 0.2) is 6.61 Å². The molecule has 0 saturated heterocycles. The second-order valence-electron chi connectivity index (χ2n) is 4.58. The number of primary amides is 1. The van der Waals surface area contributed by atoms with Crippen molar-refractivity contribution in [3.63, 3.8) is 0 Å². The first-order valence-electron chi connectivity index (χ1n) is 6.58. The van der Waals surface area contributed by atoms with Crippen molar-refractivity contribution in [3.05, 3.63) is 64.1 Å². The summed E-state index contributed by atoms with van der Waals surface area (Å²) >= 11 is 3.25. The highest BCUT2D eigenvalue weighted by Crippen LogP contribution is 2.13. The lowest BCUT2D eigenvalue weighted by Gasteiger charge is -2.07. The van der Waals surface area contributed by atoms with Gasteiger partial charge in [-0.25, -0.2) is 4.79 Å². The van der Waals surface area contributed by atoms with Crippen LogP contribution in [0, 0.1) is 0 Å². The number of amides is 2. The molecule has 0 saturated carbocycles. The highest BCUT2D eigenvalue weighted by molar-refractivity contribution is 9.10. The van der Waals surface area contributed by atoms with Crippen molar-refractivity contribution >= 4 is 39.4 Å². The summed E-state index contributed by atoms with van der Waals surface area (Å²) in [6.07, 6.45) is 0. The first-order valence-corrected chi connectivity index (χ1v) is 7.37. The normalized spacial score (nSPS) is 9.96. The zero-order valence-corrected chi connectivity index (χ0v) is 13.5. The summed E-state index contributed by atoms with van der Waals surface area (Å²) in [7, 11) is 0. The van der Waals surface area contributed by atoms with Gasteiger partial charge in [0.1, 0.15) is 0 Å². The molecule has 0 aromatic heterocycles. The number of hydrogen-bond acceptors (Lipinski definition) is 4. The molecule has 0 fully saturated rings. The van der Waals surface area contributed by atoms with Crippen molar-refractivity contribution in [1.29, 1.82) is 0 Å². The lowest BCUT2D eigenvalue weighted by molar-refractivity contribution is -0.119. The van der Waals surface area contributed by atoms with Crippen LogP contribution in [-0.4, -0.2) is 24.4 Å². The summed E-state index contributed by atoms with van der Waals surface area (Å²) in [5.74, 6) is -1.63. The number of carbonyl (C=O) groups is 3. The molecule has 2 rings (SSSR count). The van der Waals surface area contributed by atoms with Gasteiger partial charge in [0.2, 0.25) is 5.91 Å². The summed E-state index contributed by atoms with van der Waals surface area (Å²) < 4.78 is 5.67. The predicted octanol–water partition coefficient (Wildman–Crippen LogP) is 2.34. The molecule has 7 heteroatoms. The van der Waals surface area contributed by atoms with Gasteiger partial charge >= 0.3 is 5.97 Å². The molecule has 0 radical (unpaired) electrons. The molecule has 0 heterocycles. The zero-order valence-electron chi connectivity index (χ0n) is 11.9. The van der Waals surface area contributed by atoms with E-state index in [2.05, 4.69) is 21.2 Å². The van der Waals surface area contributed by atoms with Gasteiger partial charge in [-0.1, -0.05) is 22.0 Å². The van der Waals surface area contributed by atoms with Crippen LogP contribution < -0.4 is 11.1 Å². The van der Waals surface area contributed by atoms with E-state index in [0.29, 0.717) is 16.8 Å². The Morgan fingerprint density at radius 3 is 2.35 bits per heavy atom. The molecule has 23 heavy (non-hydrogen) atoms. The molecule has 0 aliphatic rings. The number of benzene rings is 2. The quantitative estimate of drug-likeness (QED) is 0.782. The molecule has 0 bridgehead atoms. The van der Waals surface area contributed by atoms with Gasteiger partial charge in [0.05, 0.1) is 5.56 Å². The molecule has 0 atom stereocenters. The smallest absolute Gasteiger partial charge is 0.338 e. The molecule has 3 N–H and O–H groups in total. The predicted molar refractivity (Wildman–Crippen MR) is 88.0 cm³/mol. The van der Waals surface area contributed by atoms with E-state index in [1.807, 2.05) is 0 Å². The topological polar surface area (TPSA) is 98.5 Å². The summed E-state index contributed by atoms with van der Waals surface area (Å²) in [5, 5.41) is 2.55. The molecule has 0 aliphatic heterocycles. The van der Waals surface area contributed by atoms with E-state index in [0.717, 1.165) is 4.47 Å². The van der Waals surface area contributed by atoms with Crippen LogP contribution in [0.1, 0.15) is 20.7 Å². The number of rotatable bonds is 5. The van der Waals surface area contributed by atoms with Crippen LogP contribution in [0.5, 0.6) is 0 Å². The van der Waals surface area contributed by atoms with Crippen molar-refractivity contribution in [2.24, 2.45) is 5.73 Å². The van der Waals surface area contributed by atoms with E-state index in [4.69, 9.17) is 10.5 Å². The van der Waals surface area contributed by atoms with Crippen LogP contribution in [0.25, 0.3) is 0 Å². The van der Waals surface area contributed by atoms with Crippen molar-refractivity contribution in [1.82, 2.24) is 0 Å². The van der Waals surface area contributed by atoms with E-state index in [1.165, 1.54) is 24.3 Å². The Hall–Kier alpha value is -2.67. The molecule has 2 aromatic carbocycles. The highest BCUT2D eigenvalue weighted by Gasteiger charge is 2.11. The minimum atomic E-state index is -0.592. The second kappa shape index (κ2) is 7.55. The maximum Gasteiger partial charge on any atom is 0.338 e. The van der Waals surface area contributed by atoms with Gasteiger partial charge in [-0.2, -0.15) is 0 Å².